The Labute approximate surface area is 93.3 Å². The van der Waals surface area contributed by atoms with Crippen molar-refractivity contribution in [2.45, 2.75) is 20.8 Å². The molecule has 0 aliphatic rings. The van der Waals surface area contributed by atoms with E-state index in [1.807, 2.05) is 13.8 Å². The molecule has 0 saturated heterocycles. The highest BCUT2D eigenvalue weighted by atomic mass is 35.5. The molecule has 0 aromatic carbocycles. The Bertz CT molecular complexity index is 252. The van der Waals surface area contributed by atoms with E-state index in [9.17, 15) is 8.42 Å². The Morgan fingerprint density at radius 2 is 1.79 bits per heavy atom. The largest absolute Gasteiger partial charge is 0.330 e. The monoisotopic (exact) mass is 244 g/mol. The van der Waals surface area contributed by atoms with Crippen molar-refractivity contribution < 1.29 is 8.42 Å². The van der Waals surface area contributed by atoms with Crippen molar-refractivity contribution >= 4 is 22.4 Å². The van der Waals surface area contributed by atoms with Crippen LogP contribution in [0.15, 0.2) is 0 Å². The minimum atomic E-state index is -3.06. The van der Waals surface area contributed by atoms with Crippen LogP contribution in [0.4, 0.5) is 0 Å². The maximum Gasteiger partial charge on any atom is 0.213 e. The van der Waals surface area contributed by atoms with E-state index in [4.69, 9.17) is 5.73 Å². The number of nitrogens with two attached hydrogens (primary N) is 1. The van der Waals surface area contributed by atoms with E-state index < -0.39 is 10.0 Å². The topological polar surface area (TPSA) is 63.4 Å². The van der Waals surface area contributed by atoms with Crippen molar-refractivity contribution in [2.75, 3.05) is 25.9 Å². The van der Waals surface area contributed by atoms with Crippen LogP contribution in [-0.4, -0.2) is 38.6 Å². The Balaban J connectivity index is 0. The highest BCUT2D eigenvalue weighted by Gasteiger charge is 2.24. The molecule has 4 nitrogen and oxygen atoms in total. The lowest BCUT2D eigenvalue weighted by molar-refractivity contribution is 0.292. The van der Waals surface area contributed by atoms with Crippen LogP contribution < -0.4 is 5.73 Å². The van der Waals surface area contributed by atoms with Gasteiger partial charge in [-0.3, -0.25) is 0 Å². The number of rotatable bonds is 5. The molecule has 0 rings (SSSR count). The first-order valence-corrected chi connectivity index (χ1v) is 6.00. The highest BCUT2D eigenvalue weighted by Crippen LogP contribution is 2.15. The summed E-state index contributed by atoms with van der Waals surface area (Å²) in [4.78, 5) is 0. The van der Waals surface area contributed by atoms with Gasteiger partial charge in [0.15, 0.2) is 0 Å². The molecule has 0 radical (unpaired) electrons. The fourth-order valence-electron chi connectivity index (χ4n) is 0.986. The normalized spacial score (nSPS) is 12.7. The first-order valence-electron chi connectivity index (χ1n) is 4.39. The highest BCUT2D eigenvalue weighted by molar-refractivity contribution is 7.89. The summed E-state index contributed by atoms with van der Waals surface area (Å²) in [5.74, 6) is 0.143. The van der Waals surface area contributed by atoms with Gasteiger partial charge in [0.05, 0.1) is 5.75 Å². The number of hydrogen-bond donors (Lipinski definition) is 1. The molecule has 0 aromatic heterocycles. The van der Waals surface area contributed by atoms with Crippen LogP contribution in [0, 0.1) is 5.41 Å². The zero-order valence-corrected chi connectivity index (χ0v) is 10.9. The van der Waals surface area contributed by atoms with Gasteiger partial charge in [-0.25, -0.2) is 12.7 Å². The number of sulfonamides is 1. The molecule has 0 aliphatic heterocycles. The van der Waals surface area contributed by atoms with E-state index in [0.29, 0.717) is 13.1 Å². The van der Waals surface area contributed by atoms with Crippen molar-refractivity contribution in [3.8, 4) is 0 Å². The fourth-order valence-corrected chi connectivity index (χ4v) is 1.97. The van der Waals surface area contributed by atoms with Gasteiger partial charge < -0.3 is 5.73 Å². The number of hydrogen-bond acceptors (Lipinski definition) is 3. The van der Waals surface area contributed by atoms with Gasteiger partial charge in [-0.05, 0) is 18.9 Å². The lowest BCUT2D eigenvalue weighted by Crippen LogP contribution is -2.40. The van der Waals surface area contributed by atoms with Crippen LogP contribution in [0.5, 0.6) is 0 Å². The summed E-state index contributed by atoms with van der Waals surface area (Å²) in [6.45, 7) is 6.50. The Hall–Kier alpha value is 0.160. The summed E-state index contributed by atoms with van der Waals surface area (Å²) in [5, 5.41) is 0. The van der Waals surface area contributed by atoms with E-state index >= 15 is 0 Å². The van der Waals surface area contributed by atoms with Crippen molar-refractivity contribution in [1.29, 1.82) is 0 Å². The molecular formula is C8H21ClN2O2S. The summed E-state index contributed by atoms with van der Waals surface area (Å²) in [6.07, 6.45) is 0. The van der Waals surface area contributed by atoms with Crippen LogP contribution in [0.1, 0.15) is 20.8 Å². The Kier molecular flexibility index (Phi) is 6.99. The summed E-state index contributed by atoms with van der Waals surface area (Å²) in [5.41, 5.74) is 5.36. The zero-order chi connectivity index (χ0) is 10.7. The van der Waals surface area contributed by atoms with Crippen LogP contribution in [0.2, 0.25) is 0 Å². The quantitative estimate of drug-likeness (QED) is 0.774. The van der Waals surface area contributed by atoms with Crippen molar-refractivity contribution in [3.63, 3.8) is 0 Å². The van der Waals surface area contributed by atoms with Gasteiger partial charge in [-0.15, -0.1) is 12.4 Å². The maximum atomic E-state index is 11.4. The maximum absolute atomic E-state index is 11.4. The Morgan fingerprint density at radius 1 is 1.36 bits per heavy atom. The standard InChI is InChI=1S/C8H20N2O2S.ClH/c1-5-13(11,12)10(4)7-8(2,3)6-9;/h5-7,9H2,1-4H3;1H. The molecule has 0 atom stereocenters. The predicted molar refractivity (Wildman–Crippen MR) is 62.2 cm³/mol. The third-order valence-corrected chi connectivity index (χ3v) is 3.85. The molecule has 0 heterocycles. The van der Waals surface area contributed by atoms with Gasteiger partial charge in [0.1, 0.15) is 0 Å². The van der Waals surface area contributed by atoms with E-state index in [0.717, 1.165) is 0 Å². The average molecular weight is 245 g/mol. The first-order chi connectivity index (χ1) is 5.75. The van der Waals surface area contributed by atoms with E-state index in [1.54, 1.807) is 14.0 Å². The second-order valence-electron chi connectivity index (χ2n) is 4.02. The zero-order valence-electron chi connectivity index (χ0n) is 9.28. The van der Waals surface area contributed by atoms with Gasteiger partial charge in [0.25, 0.3) is 0 Å². The summed E-state index contributed by atoms with van der Waals surface area (Å²) >= 11 is 0. The molecule has 0 aliphatic carbocycles. The van der Waals surface area contributed by atoms with Gasteiger partial charge >= 0.3 is 0 Å². The van der Waals surface area contributed by atoms with Crippen molar-refractivity contribution in [1.82, 2.24) is 4.31 Å². The lowest BCUT2D eigenvalue weighted by Gasteiger charge is -2.28. The molecule has 0 saturated carbocycles. The average Bonchev–Trinajstić information content (AvgIpc) is 2.04. The minimum Gasteiger partial charge on any atom is -0.330 e. The number of halogens is 1. The summed E-state index contributed by atoms with van der Waals surface area (Å²) in [7, 11) is -1.47. The summed E-state index contributed by atoms with van der Waals surface area (Å²) in [6, 6.07) is 0. The molecule has 6 heteroatoms. The van der Waals surface area contributed by atoms with Gasteiger partial charge in [-0.1, -0.05) is 13.8 Å². The third kappa shape index (κ3) is 5.14. The molecular weight excluding hydrogens is 224 g/mol. The molecule has 0 amide bonds. The van der Waals surface area contributed by atoms with Gasteiger partial charge in [-0.2, -0.15) is 0 Å². The second-order valence-corrected chi connectivity index (χ2v) is 6.39. The van der Waals surface area contributed by atoms with Crippen LogP contribution in [0.25, 0.3) is 0 Å². The van der Waals surface area contributed by atoms with Crippen molar-refractivity contribution in [3.05, 3.63) is 0 Å². The molecule has 0 aromatic rings. The molecule has 0 spiro atoms. The molecule has 0 unspecified atom stereocenters. The van der Waals surface area contributed by atoms with Crippen LogP contribution >= 0.6 is 12.4 Å². The van der Waals surface area contributed by atoms with Gasteiger partial charge in [0.2, 0.25) is 10.0 Å². The molecule has 88 valence electrons. The van der Waals surface area contributed by atoms with Crippen LogP contribution in [-0.2, 0) is 10.0 Å². The minimum absolute atomic E-state index is 0. The van der Waals surface area contributed by atoms with Gasteiger partial charge in [0, 0.05) is 13.6 Å². The van der Waals surface area contributed by atoms with Crippen molar-refractivity contribution in [2.24, 2.45) is 11.1 Å². The molecule has 14 heavy (non-hydrogen) atoms. The van der Waals surface area contributed by atoms with E-state index in [2.05, 4.69) is 0 Å². The summed E-state index contributed by atoms with van der Waals surface area (Å²) < 4.78 is 24.1. The molecule has 2 N–H and O–H groups in total. The smallest absolute Gasteiger partial charge is 0.213 e. The first kappa shape index (κ1) is 16.6. The molecule has 0 bridgehead atoms. The third-order valence-electron chi connectivity index (χ3n) is 2.04. The number of nitrogens with zero attached hydrogens (tertiary/aromatic N) is 1. The SMILES string of the molecule is CCS(=O)(=O)N(C)CC(C)(C)CN.Cl. The fraction of sp³-hybridized carbons (Fsp3) is 1.00. The van der Waals surface area contributed by atoms with E-state index in [1.165, 1.54) is 4.31 Å². The van der Waals surface area contributed by atoms with Crippen LogP contribution in [0.3, 0.4) is 0 Å². The molecule has 0 fully saturated rings. The Morgan fingerprint density at radius 3 is 2.07 bits per heavy atom. The second kappa shape index (κ2) is 5.90. The predicted octanol–water partition coefficient (Wildman–Crippen LogP) is 0.675. The lowest BCUT2D eigenvalue weighted by atomic mass is 9.94. The van der Waals surface area contributed by atoms with E-state index in [-0.39, 0.29) is 23.6 Å².